The van der Waals surface area contributed by atoms with E-state index in [9.17, 15) is 18.0 Å². The second-order valence-corrected chi connectivity index (χ2v) is 17.5. The molecule has 0 unspecified atom stereocenters. The van der Waals surface area contributed by atoms with Crippen LogP contribution in [0.1, 0.15) is 75.5 Å². The van der Waals surface area contributed by atoms with Gasteiger partial charge in [-0.3, -0.25) is 13.9 Å². The number of anilines is 1. The average molecular weight is 725 g/mol. The van der Waals surface area contributed by atoms with Gasteiger partial charge in [-0.15, -0.1) is 0 Å². The standard InChI is InChI=1S/C39H47Cl2N3O4S/c1-4-26(2)42-38(46)36(20-27-9-6-5-7-10-27)43(24-33-34(40)11-8-12-35(33)41)37(45)25-44(49(3,47)48)32-15-13-31(14-16-32)39-21-28-17-29(22-39)19-30(18-28)23-39/h5-16,26,28-30,36H,4,17-25H2,1-3H3,(H,42,46)/t26-,28?,29?,30?,36+,39?/m1/s1. The molecule has 10 heteroatoms. The molecule has 0 radical (unpaired) electrons. The molecule has 4 fully saturated rings. The molecular formula is C39H47Cl2N3O4S. The van der Waals surface area contributed by atoms with Crippen molar-refractivity contribution in [2.24, 2.45) is 17.8 Å². The predicted octanol–water partition coefficient (Wildman–Crippen LogP) is 7.78. The summed E-state index contributed by atoms with van der Waals surface area (Å²) in [5, 5.41) is 3.75. The lowest BCUT2D eigenvalue weighted by Crippen LogP contribution is -2.54. The minimum atomic E-state index is -3.89. The maximum absolute atomic E-state index is 14.5. The molecule has 1 N–H and O–H groups in total. The Morgan fingerprint density at radius 1 is 0.878 bits per heavy atom. The van der Waals surface area contributed by atoms with Crippen LogP contribution in [0.5, 0.6) is 0 Å². The number of amides is 2. The van der Waals surface area contributed by atoms with Crippen molar-refractivity contribution < 1.29 is 18.0 Å². The van der Waals surface area contributed by atoms with Crippen LogP contribution in [0.3, 0.4) is 0 Å². The van der Waals surface area contributed by atoms with E-state index in [-0.39, 0.29) is 30.3 Å². The van der Waals surface area contributed by atoms with Gasteiger partial charge in [0, 0.05) is 34.6 Å². The Balaban J connectivity index is 1.33. The van der Waals surface area contributed by atoms with Crippen molar-refractivity contribution in [3.63, 3.8) is 0 Å². The maximum atomic E-state index is 14.5. The first kappa shape index (κ1) is 35.7. The Hall–Kier alpha value is -3.07. The van der Waals surface area contributed by atoms with Crippen molar-refractivity contribution in [3.8, 4) is 0 Å². The molecule has 7 rings (SSSR count). The van der Waals surface area contributed by atoms with Crippen molar-refractivity contribution in [2.75, 3.05) is 17.1 Å². The zero-order chi connectivity index (χ0) is 34.9. The van der Waals surface area contributed by atoms with Gasteiger partial charge in [-0.1, -0.05) is 78.7 Å². The van der Waals surface area contributed by atoms with Gasteiger partial charge in [0.2, 0.25) is 21.8 Å². The fraction of sp³-hybridized carbons (Fsp3) is 0.487. The van der Waals surface area contributed by atoms with Crippen LogP contribution in [0.4, 0.5) is 5.69 Å². The summed E-state index contributed by atoms with van der Waals surface area (Å²) in [5.74, 6) is 1.49. The van der Waals surface area contributed by atoms with Gasteiger partial charge < -0.3 is 10.2 Å². The van der Waals surface area contributed by atoms with Crippen LogP contribution in [0, 0.1) is 17.8 Å². The monoisotopic (exact) mass is 723 g/mol. The van der Waals surface area contributed by atoms with Gasteiger partial charge in [0.25, 0.3) is 0 Å². The van der Waals surface area contributed by atoms with Crippen molar-refractivity contribution in [3.05, 3.63) is 99.5 Å². The van der Waals surface area contributed by atoms with E-state index in [1.807, 2.05) is 56.3 Å². The number of halogens is 2. The van der Waals surface area contributed by atoms with Gasteiger partial charge in [0.15, 0.2) is 0 Å². The lowest BCUT2D eigenvalue weighted by Gasteiger charge is -2.57. The summed E-state index contributed by atoms with van der Waals surface area (Å²) in [6, 6.07) is 21.3. The van der Waals surface area contributed by atoms with Crippen LogP contribution in [0.2, 0.25) is 10.0 Å². The van der Waals surface area contributed by atoms with E-state index in [1.165, 1.54) is 49.0 Å². The van der Waals surface area contributed by atoms with Crippen LogP contribution >= 0.6 is 23.2 Å². The number of sulfonamides is 1. The molecule has 2 atom stereocenters. The molecule has 0 heterocycles. The quantitative estimate of drug-likeness (QED) is 0.195. The number of nitrogens with zero attached hydrogens (tertiary/aromatic N) is 2. The molecule has 0 aliphatic heterocycles. The fourth-order valence-electron chi connectivity index (χ4n) is 8.91. The Bertz CT molecular complexity index is 1710. The second-order valence-electron chi connectivity index (χ2n) is 14.8. The molecule has 0 spiro atoms. The number of hydrogen-bond donors (Lipinski definition) is 1. The third kappa shape index (κ3) is 7.97. The van der Waals surface area contributed by atoms with Gasteiger partial charge in [-0.05, 0) is 110 Å². The van der Waals surface area contributed by atoms with E-state index in [2.05, 4.69) is 17.4 Å². The molecule has 4 aliphatic carbocycles. The summed E-state index contributed by atoms with van der Waals surface area (Å²) in [5.41, 5.74) is 3.20. The zero-order valence-corrected chi connectivity index (χ0v) is 30.9. The van der Waals surface area contributed by atoms with Gasteiger partial charge >= 0.3 is 0 Å². The molecule has 2 amide bonds. The van der Waals surface area contributed by atoms with Gasteiger partial charge in [0.1, 0.15) is 12.6 Å². The minimum absolute atomic E-state index is 0.0780. The van der Waals surface area contributed by atoms with Crippen molar-refractivity contribution >= 4 is 50.7 Å². The smallest absolute Gasteiger partial charge is 0.244 e. The van der Waals surface area contributed by atoms with Crippen molar-refractivity contribution in [1.82, 2.24) is 10.2 Å². The van der Waals surface area contributed by atoms with Crippen LogP contribution in [0.15, 0.2) is 72.8 Å². The van der Waals surface area contributed by atoms with Crippen molar-refractivity contribution in [2.45, 2.75) is 89.3 Å². The number of carbonyl (C=O) groups excluding carboxylic acids is 2. The molecular weight excluding hydrogens is 677 g/mol. The summed E-state index contributed by atoms with van der Waals surface area (Å²) in [7, 11) is -3.89. The second kappa shape index (κ2) is 14.7. The number of benzene rings is 3. The van der Waals surface area contributed by atoms with E-state index < -0.39 is 28.5 Å². The lowest BCUT2D eigenvalue weighted by atomic mass is 9.48. The van der Waals surface area contributed by atoms with E-state index in [0.29, 0.717) is 27.7 Å². The van der Waals surface area contributed by atoms with Crippen LogP contribution < -0.4 is 9.62 Å². The molecule has 0 aromatic heterocycles. The van der Waals surface area contributed by atoms with Crippen LogP contribution in [-0.4, -0.2) is 50.0 Å². The van der Waals surface area contributed by atoms with Gasteiger partial charge in [-0.25, -0.2) is 8.42 Å². The van der Waals surface area contributed by atoms with E-state index in [4.69, 9.17) is 23.2 Å². The first-order valence-electron chi connectivity index (χ1n) is 17.5. The molecule has 262 valence electrons. The third-order valence-corrected chi connectivity index (χ3v) is 13.0. The van der Waals surface area contributed by atoms with E-state index in [1.54, 1.807) is 18.2 Å². The first-order chi connectivity index (χ1) is 23.3. The summed E-state index contributed by atoms with van der Waals surface area (Å²) >= 11 is 13.2. The highest BCUT2D eigenvalue weighted by Gasteiger charge is 2.51. The maximum Gasteiger partial charge on any atom is 0.244 e. The Morgan fingerprint density at radius 3 is 1.98 bits per heavy atom. The normalized spacial score (nSPS) is 23.9. The molecule has 4 aliphatic rings. The highest BCUT2D eigenvalue weighted by Crippen LogP contribution is 2.60. The molecule has 3 aromatic carbocycles. The van der Waals surface area contributed by atoms with E-state index in [0.717, 1.165) is 33.9 Å². The number of hydrogen-bond acceptors (Lipinski definition) is 4. The molecule has 7 nitrogen and oxygen atoms in total. The highest BCUT2D eigenvalue weighted by molar-refractivity contribution is 7.92. The summed E-state index contributed by atoms with van der Waals surface area (Å²) in [4.78, 5) is 29.9. The third-order valence-electron chi connectivity index (χ3n) is 11.1. The molecule has 4 bridgehead atoms. The molecule has 0 saturated heterocycles. The summed E-state index contributed by atoms with van der Waals surface area (Å²) < 4.78 is 27.9. The number of nitrogens with one attached hydrogen (secondary N) is 1. The average Bonchev–Trinajstić information content (AvgIpc) is 3.05. The Morgan fingerprint density at radius 2 is 1.45 bits per heavy atom. The Labute approximate surface area is 301 Å². The SMILES string of the molecule is CC[C@@H](C)NC(=O)[C@H](Cc1ccccc1)N(Cc1c(Cl)cccc1Cl)C(=O)CN(c1ccc(C23CC4CC(CC(C4)C2)C3)cc1)S(C)(=O)=O. The first-order valence-corrected chi connectivity index (χ1v) is 20.1. The summed E-state index contributed by atoms with van der Waals surface area (Å²) in [6.45, 7) is 3.32. The molecule has 3 aromatic rings. The van der Waals surface area contributed by atoms with Crippen LogP contribution in [-0.2, 0) is 38.0 Å². The molecule has 49 heavy (non-hydrogen) atoms. The van der Waals surface area contributed by atoms with Gasteiger partial charge in [0.05, 0.1) is 11.9 Å². The number of carbonyl (C=O) groups is 2. The fourth-order valence-corrected chi connectivity index (χ4v) is 10.3. The Kier molecular flexibility index (Phi) is 10.7. The number of rotatable bonds is 13. The van der Waals surface area contributed by atoms with Gasteiger partial charge in [-0.2, -0.15) is 0 Å². The largest absolute Gasteiger partial charge is 0.352 e. The zero-order valence-electron chi connectivity index (χ0n) is 28.6. The van der Waals surface area contributed by atoms with Crippen molar-refractivity contribution in [1.29, 1.82) is 0 Å². The topological polar surface area (TPSA) is 86.8 Å². The highest BCUT2D eigenvalue weighted by atomic mass is 35.5. The van der Waals surface area contributed by atoms with Crippen LogP contribution in [0.25, 0.3) is 0 Å². The summed E-state index contributed by atoms with van der Waals surface area (Å²) in [6.07, 6.45) is 9.67. The molecule has 4 saturated carbocycles. The minimum Gasteiger partial charge on any atom is -0.352 e. The lowest BCUT2D eigenvalue weighted by molar-refractivity contribution is -0.140. The van der Waals surface area contributed by atoms with E-state index >= 15 is 0 Å². The predicted molar refractivity (Wildman–Crippen MR) is 197 cm³/mol.